The molecule has 3 aromatic heterocycles. The molecule has 0 saturated heterocycles. The minimum absolute atomic E-state index is 0.0429. The fraction of sp³-hybridized carbons (Fsp3) is 0.125. The van der Waals surface area contributed by atoms with Crippen LogP contribution in [-0.2, 0) is 5.41 Å². The zero-order valence-electron chi connectivity index (χ0n) is 25.9. The third-order valence-corrected chi connectivity index (χ3v) is 8.33. The molecule has 0 aliphatic heterocycles. The van der Waals surface area contributed by atoms with Gasteiger partial charge in [0.1, 0.15) is 0 Å². The largest absolute Gasteiger partial charge is 0.493 e. The molecule has 0 atom stereocenters. The van der Waals surface area contributed by atoms with Crippen molar-refractivity contribution in [1.29, 1.82) is 0 Å². The standard InChI is InChI=1S/C40H34N4O/c1-26-24-41-35(23-33(26)27-13-7-5-8-14-27)29-16-11-15-28(21-29)32-19-12-20-36-37(32)43-38(44(36)31-17-9-6-10-18-31)34-22-30(40(2,3)4)25-42-39(34)45/h5-25H,1-4H3,(H,42,45). The zero-order chi connectivity index (χ0) is 31.1. The lowest BCUT2D eigenvalue weighted by Crippen LogP contribution is -2.12. The zero-order valence-corrected chi connectivity index (χ0v) is 25.9. The summed E-state index contributed by atoms with van der Waals surface area (Å²) >= 11 is 0. The number of fused-ring (bicyclic) bond motifs is 1. The van der Waals surface area contributed by atoms with Crippen LogP contribution in [-0.4, -0.2) is 24.6 Å². The number of nitrogens with zero attached hydrogens (tertiary/aromatic N) is 4. The van der Waals surface area contributed by atoms with Crippen LogP contribution in [0, 0.1) is 6.92 Å². The van der Waals surface area contributed by atoms with Crippen LogP contribution in [0.15, 0.2) is 128 Å². The molecule has 0 spiro atoms. The summed E-state index contributed by atoms with van der Waals surface area (Å²) in [5.74, 6) is 0.599. The molecule has 0 amide bonds. The van der Waals surface area contributed by atoms with Crippen LogP contribution < -0.4 is 0 Å². The van der Waals surface area contributed by atoms with Gasteiger partial charge in [-0.15, -0.1) is 0 Å². The number of hydrogen-bond donors (Lipinski definition) is 1. The molecule has 0 radical (unpaired) electrons. The third-order valence-electron chi connectivity index (χ3n) is 8.33. The summed E-state index contributed by atoms with van der Waals surface area (Å²) in [7, 11) is 0. The van der Waals surface area contributed by atoms with Crippen LogP contribution in [0.5, 0.6) is 5.88 Å². The second kappa shape index (κ2) is 11.2. The van der Waals surface area contributed by atoms with Gasteiger partial charge in [0.25, 0.3) is 0 Å². The highest BCUT2D eigenvalue weighted by Gasteiger charge is 2.23. The van der Waals surface area contributed by atoms with Gasteiger partial charge in [0, 0.05) is 29.2 Å². The summed E-state index contributed by atoms with van der Waals surface area (Å²) in [6.07, 6.45) is 3.69. The second-order valence-electron chi connectivity index (χ2n) is 12.5. The number of hydrogen-bond acceptors (Lipinski definition) is 4. The van der Waals surface area contributed by atoms with E-state index >= 15 is 0 Å². The molecule has 0 bridgehead atoms. The van der Waals surface area contributed by atoms with Crippen molar-refractivity contribution >= 4 is 11.0 Å². The molecule has 0 fully saturated rings. The molecule has 220 valence electrons. The van der Waals surface area contributed by atoms with Crippen molar-refractivity contribution in [2.45, 2.75) is 33.1 Å². The molecular formula is C40H34N4O. The van der Waals surface area contributed by atoms with Crippen LogP contribution in [0.3, 0.4) is 0 Å². The van der Waals surface area contributed by atoms with Crippen LogP contribution >= 0.6 is 0 Å². The molecule has 5 nitrogen and oxygen atoms in total. The summed E-state index contributed by atoms with van der Waals surface area (Å²) in [5.41, 5.74) is 11.7. The van der Waals surface area contributed by atoms with E-state index in [0.717, 1.165) is 50.2 Å². The van der Waals surface area contributed by atoms with E-state index in [-0.39, 0.29) is 11.3 Å². The van der Waals surface area contributed by atoms with E-state index in [2.05, 4.69) is 122 Å². The van der Waals surface area contributed by atoms with Gasteiger partial charge in [-0.1, -0.05) is 99.6 Å². The molecule has 5 heteroatoms. The van der Waals surface area contributed by atoms with Gasteiger partial charge in [-0.05, 0) is 76.6 Å². The maximum Gasteiger partial charge on any atom is 0.222 e. The number of aryl methyl sites for hydroxylation is 1. The summed E-state index contributed by atoms with van der Waals surface area (Å²) in [5, 5.41) is 11.1. The van der Waals surface area contributed by atoms with Gasteiger partial charge in [0.05, 0.1) is 22.3 Å². The van der Waals surface area contributed by atoms with E-state index in [1.807, 2.05) is 36.5 Å². The van der Waals surface area contributed by atoms with Crippen molar-refractivity contribution < 1.29 is 5.11 Å². The fourth-order valence-corrected chi connectivity index (χ4v) is 5.84. The number of rotatable bonds is 5. The first-order valence-corrected chi connectivity index (χ1v) is 15.2. The van der Waals surface area contributed by atoms with Crippen LogP contribution in [0.25, 0.3) is 61.6 Å². The number of aromatic nitrogens is 4. The van der Waals surface area contributed by atoms with Gasteiger partial charge in [-0.3, -0.25) is 9.55 Å². The quantitative estimate of drug-likeness (QED) is 0.218. The predicted molar refractivity (Wildman–Crippen MR) is 184 cm³/mol. The molecule has 7 rings (SSSR count). The van der Waals surface area contributed by atoms with Gasteiger partial charge < -0.3 is 5.11 Å². The third kappa shape index (κ3) is 5.27. The van der Waals surface area contributed by atoms with Crippen molar-refractivity contribution in [2.75, 3.05) is 0 Å². The Hall–Kier alpha value is -5.55. The molecule has 7 aromatic rings. The minimum Gasteiger partial charge on any atom is -0.493 e. The second-order valence-corrected chi connectivity index (χ2v) is 12.5. The number of benzene rings is 4. The summed E-state index contributed by atoms with van der Waals surface area (Å²) in [6.45, 7) is 8.52. The fourth-order valence-electron chi connectivity index (χ4n) is 5.84. The van der Waals surface area contributed by atoms with Gasteiger partial charge in [0.15, 0.2) is 5.82 Å². The Morgan fingerprint density at radius 2 is 1.31 bits per heavy atom. The highest BCUT2D eigenvalue weighted by atomic mass is 16.3. The van der Waals surface area contributed by atoms with E-state index in [1.54, 1.807) is 6.20 Å². The Morgan fingerprint density at radius 3 is 2.07 bits per heavy atom. The SMILES string of the molecule is Cc1cnc(-c2cccc(-c3cccc4c3nc(-c3cc(C(C)(C)C)cnc3O)n4-c3ccccc3)c2)cc1-c1ccccc1. The van der Waals surface area contributed by atoms with Crippen molar-refractivity contribution in [2.24, 2.45) is 0 Å². The van der Waals surface area contributed by atoms with Crippen molar-refractivity contribution in [3.63, 3.8) is 0 Å². The lowest BCUT2D eigenvalue weighted by Gasteiger charge is -2.19. The van der Waals surface area contributed by atoms with Crippen LogP contribution in [0.1, 0.15) is 31.9 Å². The molecule has 0 unspecified atom stereocenters. The molecule has 0 saturated carbocycles. The van der Waals surface area contributed by atoms with Gasteiger partial charge >= 0.3 is 0 Å². The van der Waals surface area contributed by atoms with E-state index < -0.39 is 0 Å². The van der Waals surface area contributed by atoms with Gasteiger partial charge in [0.2, 0.25) is 5.88 Å². The van der Waals surface area contributed by atoms with Crippen molar-refractivity contribution in [3.05, 3.63) is 139 Å². The number of aromatic hydroxyl groups is 1. The first-order chi connectivity index (χ1) is 21.8. The Labute approximate surface area is 263 Å². The van der Waals surface area contributed by atoms with Gasteiger partial charge in [-0.25, -0.2) is 9.97 Å². The van der Waals surface area contributed by atoms with Crippen LogP contribution in [0.2, 0.25) is 0 Å². The monoisotopic (exact) mass is 586 g/mol. The molecule has 4 aromatic carbocycles. The molecular weight excluding hydrogens is 552 g/mol. The first kappa shape index (κ1) is 28.2. The smallest absolute Gasteiger partial charge is 0.222 e. The maximum atomic E-state index is 11.1. The number of pyridine rings is 2. The molecule has 0 aliphatic carbocycles. The number of para-hydroxylation sites is 2. The summed E-state index contributed by atoms with van der Waals surface area (Å²) in [4.78, 5) is 14.4. The van der Waals surface area contributed by atoms with Crippen molar-refractivity contribution in [1.82, 2.24) is 19.5 Å². The van der Waals surface area contributed by atoms with Crippen LogP contribution in [0.4, 0.5) is 0 Å². The normalized spacial score (nSPS) is 11.6. The van der Waals surface area contributed by atoms with Gasteiger partial charge in [-0.2, -0.15) is 0 Å². The Morgan fingerprint density at radius 1 is 0.622 bits per heavy atom. The van der Waals surface area contributed by atoms with E-state index in [0.29, 0.717) is 11.4 Å². The average molecular weight is 587 g/mol. The molecule has 1 N–H and O–H groups in total. The lowest BCUT2D eigenvalue weighted by molar-refractivity contribution is 0.453. The van der Waals surface area contributed by atoms with Crippen molar-refractivity contribution in [3.8, 4) is 56.5 Å². The Kier molecular flexibility index (Phi) is 7.01. The van der Waals surface area contributed by atoms with E-state index in [9.17, 15) is 5.11 Å². The predicted octanol–water partition coefficient (Wildman–Crippen LogP) is 9.80. The highest BCUT2D eigenvalue weighted by Crippen LogP contribution is 2.39. The topological polar surface area (TPSA) is 63.8 Å². The molecule has 0 aliphatic rings. The molecule has 3 heterocycles. The first-order valence-electron chi connectivity index (χ1n) is 15.2. The molecule has 45 heavy (non-hydrogen) atoms. The van der Waals surface area contributed by atoms with E-state index in [1.165, 1.54) is 11.1 Å². The highest BCUT2D eigenvalue weighted by molar-refractivity contribution is 5.96. The maximum absolute atomic E-state index is 11.1. The summed E-state index contributed by atoms with van der Waals surface area (Å²) in [6, 6.07) is 39.5. The lowest BCUT2D eigenvalue weighted by atomic mass is 9.87. The van der Waals surface area contributed by atoms with E-state index in [4.69, 9.17) is 9.97 Å². The number of imidazole rings is 1. The Balaban J connectivity index is 1.41. The minimum atomic E-state index is -0.144. The summed E-state index contributed by atoms with van der Waals surface area (Å²) < 4.78 is 2.11. The Bertz CT molecular complexity index is 2160. The average Bonchev–Trinajstić information content (AvgIpc) is 3.45.